The molecule has 0 saturated carbocycles. The lowest BCUT2D eigenvalue weighted by molar-refractivity contribution is 0.202. The van der Waals surface area contributed by atoms with Crippen LogP contribution in [-0.4, -0.2) is 11.2 Å². The Hall–Kier alpha value is -1.75. The number of carboxylic acid groups (broad SMARTS) is 1. The number of nitrogen functional groups attached to an aromatic ring is 1. The van der Waals surface area contributed by atoms with Crippen LogP contribution in [0.4, 0.5) is 16.2 Å². The third kappa shape index (κ3) is 1.64. The van der Waals surface area contributed by atoms with E-state index in [0.717, 1.165) is 0 Å². The molecule has 0 atom stereocenters. The van der Waals surface area contributed by atoms with Crippen molar-refractivity contribution in [2.75, 3.05) is 10.7 Å². The highest BCUT2D eigenvalue weighted by molar-refractivity contribution is 5.84. The van der Waals surface area contributed by atoms with Gasteiger partial charge in [0, 0.05) is 5.69 Å². The van der Waals surface area contributed by atoms with E-state index >= 15 is 0 Å². The quantitative estimate of drug-likeness (QED) is 0.247. The minimum atomic E-state index is -1.21. The number of benzene rings is 1. The standard InChI is InChI=1S/C7H9N3O2/c8-5-1-3-6(4-2-5)10(9)7(11)12/h1-4H,8-9H2,(H,11,12). The average molecular weight is 167 g/mol. The first-order valence-electron chi connectivity index (χ1n) is 3.24. The van der Waals surface area contributed by atoms with Crippen molar-refractivity contribution in [3.8, 4) is 0 Å². The van der Waals surface area contributed by atoms with E-state index in [-0.39, 0.29) is 0 Å². The fraction of sp³-hybridized carbons (Fsp3) is 0. The Morgan fingerprint density at radius 2 is 1.83 bits per heavy atom. The second-order valence-corrected chi connectivity index (χ2v) is 2.24. The molecule has 0 unspecified atom stereocenters. The van der Waals surface area contributed by atoms with Crippen LogP contribution in [0.1, 0.15) is 0 Å². The predicted octanol–water partition coefficient (Wildman–Crippen LogP) is 0.627. The van der Waals surface area contributed by atoms with Crippen LogP contribution in [0.3, 0.4) is 0 Å². The first-order valence-corrected chi connectivity index (χ1v) is 3.24. The minimum absolute atomic E-state index is 0.386. The number of nitrogens with two attached hydrogens (primary N) is 2. The molecule has 0 bridgehead atoms. The van der Waals surface area contributed by atoms with E-state index in [1.54, 1.807) is 12.1 Å². The first-order chi connectivity index (χ1) is 5.61. The molecule has 1 aromatic carbocycles. The molecule has 1 rings (SSSR count). The van der Waals surface area contributed by atoms with Gasteiger partial charge in [0.05, 0.1) is 5.69 Å². The summed E-state index contributed by atoms with van der Waals surface area (Å²) in [5, 5.41) is 9.10. The molecular weight excluding hydrogens is 158 g/mol. The molecule has 0 aliphatic heterocycles. The highest BCUT2D eigenvalue weighted by Gasteiger charge is 2.07. The highest BCUT2D eigenvalue weighted by atomic mass is 16.4. The van der Waals surface area contributed by atoms with E-state index in [1.165, 1.54) is 12.1 Å². The zero-order valence-electron chi connectivity index (χ0n) is 6.27. The molecule has 0 saturated heterocycles. The summed E-state index contributed by atoms with van der Waals surface area (Å²) in [6.45, 7) is 0. The van der Waals surface area contributed by atoms with Crippen molar-refractivity contribution < 1.29 is 9.90 Å². The molecule has 0 spiro atoms. The Bertz CT molecular complexity index is 283. The molecule has 1 aromatic rings. The van der Waals surface area contributed by atoms with E-state index in [9.17, 15) is 4.79 Å². The van der Waals surface area contributed by atoms with Crippen molar-refractivity contribution in [2.24, 2.45) is 5.84 Å². The van der Waals surface area contributed by atoms with E-state index in [4.69, 9.17) is 16.7 Å². The molecule has 0 fully saturated rings. The van der Waals surface area contributed by atoms with Gasteiger partial charge < -0.3 is 10.8 Å². The van der Waals surface area contributed by atoms with Crippen LogP contribution in [0.2, 0.25) is 0 Å². The molecule has 0 aromatic heterocycles. The van der Waals surface area contributed by atoms with Crippen LogP contribution in [0.25, 0.3) is 0 Å². The Kier molecular flexibility index (Phi) is 2.16. The van der Waals surface area contributed by atoms with Gasteiger partial charge in [-0.05, 0) is 24.3 Å². The van der Waals surface area contributed by atoms with Crippen molar-refractivity contribution in [1.29, 1.82) is 0 Å². The number of nitrogens with zero attached hydrogens (tertiary/aromatic N) is 1. The van der Waals surface area contributed by atoms with Crippen LogP contribution < -0.4 is 16.6 Å². The summed E-state index contributed by atoms with van der Waals surface area (Å²) >= 11 is 0. The zero-order chi connectivity index (χ0) is 9.14. The molecule has 0 radical (unpaired) electrons. The van der Waals surface area contributed by atoms with E-state index in [1.807, 2.05) is 0 Å². The molecule has 5 N–H and O–H groups in total. The van der Waals surface area contributed by atoms with Gasteiger partial charge in [0.2, 0.25) is 0 Å². The van der Waals surface area contributed by atoms with E-state index in [0.29, 0.717) is 16.4 Å². The summed E-state index contributed by atoms with van der Waals surface area (Å²) in [4.78, 5) is 10.4. The minimum Gasteiger partial charge on any atom is -0.464 e. The molecule has 0 aliphatic rings. The number of amides is 1. The Labute approximate surface area is 69.2 Å². The molecule has 1 amide bonds. The molecule has 12 heavy (non-hydrogen) atoms. The molecule has 5 heteroatoms. The topological polar surface area (TPSA) is 92.6 Å². The second kappa shape index (κ2) is 3.10. The maximum atomic E-state index is 10.4. The second-order valence-electron chi connectivity index (χ2n) is 2.24. The number of hydrogen-bond donors (Lipinski definition) is 3. The van der Waals surface area contributed by atoms with Gasteiger partial charge in [-0.3, -0.25) is 0 Å². The first kappa shape index (κ1) is 8.35. The normalized spacial score (nSPS) is 9.42. The predicted molar refractivity (Wildman–Crippen MR) is 45.5 cm³/mol. The summed E-state index contributed by atoms with van der Waals surface area (Å²) in [6, 6.07) is 6.23. The molecule has 64 valence electrons. The summed E-state index contributed by atoms with van der Waals surface area (Å²) in [7, 11) is 0. The smallest absolute Gasteiger partial charge is 0.426 e. The van der Waals surface area contributed by atoms with E-state index in [2.05, 4.69) is 0 Å². The van der Waals surface area contributed by atoms with Gasteiger partial charge >= 0.3 is 6.09 Å². The van der Waals surface area contributed by atoms with Crippen LogP contribution in [0.15, 0.2) is 24.3 Å². The number of anilines is 2. The van der Waals surface area contributed by atoms with Gasteiger partial charge in [-0.2, -0.15) is 0 Å². The fourth-order valence-electron chi connectivity index (χ4n) is 0.745. The Morgan fingerprint density at radius 1 is 1.33 bits per heavy atom. The van der Waals surface area contributed by atoms with Gasteiger partial charge in [0.1, 0.15) is 0 Å². The van der Waals surface area contributed by atoms with Gasteiger partial charge in [0.15, 0.2) is 0 Å². The van der Waals surface area contributed by atoms with Crippen molar-refractivity contribution in [3.05, 3.63) is 24.3 Å². The molecule has 0 heterocycles. The largest absolute Gasteiger partial charge is 0.464 e. The third-order valence-electron chi connectivity index (χ3n) is 1.38. The van der Waals surface area contributed by atoms with Crippen molar-refractivity contribution >= 4 is 17.5 Å². The maximum Gasteiger partial charge on any atom is 0.426 e. The highest BCUT2D eigenvalue weighted by Crippen LogP contribution is 2.12. The van der Waals surface area contributed by atoms with Crippen molar-refractivity contribution in [3.63, 3.8) is 0 Å². The van der Waals surface area contributed by atoms with Crippen LogP contribution in [0.5, 0.6) is 0 Å². The lowest BCUT2D eigenvalue weighted by Crippen LogP contribution is -2.35. The molecule has 0 aliphatic carbocycles. The third-order valence-corrected chi connectivity index (χ3v) is 1.38. The number of hydrogen-bond acceptors (Lipinski definition) is 3. The maximum absolute atomic E-state index is 10.4. The van der Waals surface area contributed by atoms with Gasteiger partial charge in [-0.25, -0.2) is 15.6 Å². The summed E-state index contributed by atoms with van der Waals surface area (Å²) in [5.41, 5.74) is 6.35. The van der Waals surface area contributed by atoms with Crippen LogP contribution in [0, 0.1) is 0 Å². The fourth-order valence-corrected chi connectivity index (χ4v) is 0.745. The summed E-state index contributed by atoms with van der Waals surface area (Å²) in [5.74, 6) is 5.18. The summed E-state index contributed by atoms with van der Waals surface area (Å²) < 4.78 is 0. The van der Waals surface area contributed by atoms with Crippen molar-refractivity contribution in [1.82, 2.24) is 0 Å². The molecule has 5 nitrogen and oxygen atoms in total. The average Bonchev–Trinajstić information content (AvgIpc) is 2.04. The number of hydrazine groups is 1. The van der Waals surface area contributed by atoms with Gasteiger partial charge in [-0.15, -0.1) is 0 Å². The lowest BCUT2D eigenvalue weighted by Gasteiger charge is -2.11. The van der Waals surface area contributed by atoms with Gasteiger partial charge in [-0.1, -0.05) is 0 Å². The Morgan fingerprint density at radius 3 is 2.25 bits per heavy atom. The van der Waals surface area contributed by atoms with E-state index < -0.39 is 6.09 Å². The number of carbonyl (C=O) groups is 1. The Balaban J connectivity index is 2.89. The lowest BCUT2D eigenvalue weighted by atomic mass is 10.3. The van der Waals surface area contributed by atoms with Gasteiger partial charge in [0.25, 0.3) is 0 Å². The van der Waals surface area contributed by atoms with Crippen molar-refractivity contribution in [2.45, 2.75) is 0 Å². The zero-order valence-corrected chi connectivity index (χ0v) is 6.27. The monoisotopic (exact) mass is 167 g/mol. The van der Waals surface area contributed by atoms with Crippen LogP contribution >= 0.6 is 0 Å². The number of rotatable bonds is 1. The SMILES string of the molecule is Nc1ccc(N(N)C(=O)O)cc1. The molecular formula is C7H9N3O2. The van der Waals surface area contributed by atoms with Crippen LogP contribution in [-0.2, 0) is 0 Å². The summed E-state index contributed by atoms with van der Waals surface area (Å²) in [6.07, 6.45) is -1.21.